The van der Waals surface area contributed by atoms with Crippen LogP contribution in [0, 0.1) is 11.2 Å². The Kier molecular flexibility index (Phi) is 5.29. The molecule has 2 aromatic rings. The minimum atomic E-state index is -4.72. The maximum Gasteiger partial charge on any atom is 0.573 e. The van der Waals surface area contributed by atoms with Crippen molar-refractivity contribution in [1.82, 2.24) is 9.78 Å². The van der Waals surface area contributed by atoms with E-state index in [2.05, 4.69) is 21.0 Å². The van der Waals surface area contributed by atoms with Gasteiger partial charge in [-0.15, -0.1) is 13.2 Å². The molecule has 110 valence electrons. The van der Waals surface area contributed by atoms with Crippen molar-refractivity contribution in [3.63, 3.8) is 0 Å². The lowest BCUT2D eigenvalue weighted by Crippen LogP contribution is -2.17. The van der Waals surface area contributed by atoms with Crippen molar-refractivity contribution in [2.45, 2.75) is 6.36 Å². The number of alkyl halides is 3. The number of halogens is 5. The second-order valence-electron chi connectivity index (χ2n) is 3.61. The molecule has 0 N–H and O–H groups in total. The molecule has 9 heteroatoms. The van der Waals surface area contributed by atoms with E-state index >= 15 is 0 Å². The van der Waals surface area contributed by atoms with Crippen molar-refractivity contribution >= 4 is 41.7 Å². The maximum atomic E-state index is 12.1. The first-order valence-electron chi connectivity index (χ1n) is 5.29. The molecule has 0 unspecified atom stereocenters. The first kappa shape index (κ1) is 16.3. The van der Waals surface area contributed by atoms with Crippen LogP contribution in [0.4, 0.5) is 13.2 Å². The Morgan fingerprint density at radius 3 is 2.52 bits per heavy atom. The molecule has 0 aliphatic rings. The lowest BCUT2D eigenvalue weighted by molar-refractivity contribution is -0.274. The minimum Gasteiger partial charge on any atom is -0.406 e. The normalized spacial score (nSPS) is 10.9. The fraction of sp³-hybridized carbons (Fsp3) is 0.0833. The molecule has 0 aliphatic heterocycles. The molecule has 0 aliphatic carbocycles. The zero-order valence-corrected chi connectivity index (χ0v) is 13.7. The van der Waals surface area contributed by atoms with Gasteiger partial charge in [0.1, 0.15) is 10.9 Å². The molecule has 0 saturated heterocycles. The molecule has 0 bridgehead atoms. The third-order valence-electron chi connectivity index (χ3n) is 2.25. The van der Waals surface area contributed by atoms with Gasteiger partial charge in [0.05, 0.1) is 17.4 Å². The summed E-state index contributed by atoms with van der Waals surface area (Å²) in [6.45, 7) is 0. The van der Waals surface area contributed by atoms with Gasteiger partial charge in [0.2, 0.25) is 0 Å². The van der Waals surface area contributed by atoms with Crippen molar-refractivity contribution in [3.05, 3.63) is 41.2 Å². The monoisotopic (exact) mass is 444 g/mol. The predicted octanol–water partition coefficient (Wildman–Crippen LogP) is 4.82. The van der Waals surface area contributed by atoms with E-state index in [-0.39, 0.29) is 10.9 Å². The number of hydrogen-bond donors (Lipinski definition) is 0. The van der Waals surface area contributed by atoms with E-state index < -0.39 is 6.36 Å². The van der Waals surface area contributed by atoms with Gasteiger partial charge in [0, 0.05) is 21.2 Å². The molecule has 0 atom stereocenters. The zero-order chi connectivity index (χ0) is 15.5. The minimum absolute atomic E-state index is 0.289. The van der Waals surface area contributed by atoms with E-state index in [0.717, 1.165) is 0 Å². The Balaban J connectivity index is 2.25. The summed E-state index contributed by atoms with van der Waals surface area (Å²) in [7, 11) is 1.31. The highest BCUT2D eigenvalue weighted by Crippen LogP contribution is 2.25. The molecular formula is C12H5ClF3IN2OS. The standard InChI is InChI=1S/C12H5ClF3IN2OS/c13-11-8(5-6-21-17)7-18-19(11)9-1-3-10(4-2-9)20-12(14,15)16/h1-4,7H. The summed E-state index contributed by atoms with van der Waals surface area (Å²) in [6.07, 6.45) is -3.23. The van der Waals surface area contributed by atoms with Crippen molar-refractivity contribution in [1.29, 1.82) is 0 Å². The second kappa shape index (κ2) is 6.81. The summed E-state index contributed by atoms with van der Waals surface area (Å²) in [6, 6.07) is 5.22. The topological polar surface area (TPSA) is 27.1 Å². The average molecular weight is 445 g/mol. The molecule has 1 heterocycles. The lowest BCUT2D eigenvalue weighted by atomic mass is 10.3. The number of benzene rings is 1. The first-order chi connectivity index (χ1) is 9.90. The maximum absolute atomic E-state index is 12.1. The van der Waals surface area contributed by atoms with Gasteiger partial charge in [-0.25, -0.2) is 4.68 Å². The molecule has 0 amide bonds. The number of ether oxygens (including phenoxy) is 1. The van der Waals surface area contributed by atoms with Crippen LogP contribution in [0.25, 0.3) is 5.69 Å². The van der Waals surface area contributed by atoms with Crippen LogP contribution in [0.2, 0.25) is 5.15 Å². The molecule has 0 saturated carbocycles. The fourth-order valence-corrected chi connectivity index (χ4v) is 2.18. The summed E-state index contributed by atoms with van der Waals surface area (Å²) >= 11 is 8.14. The second-order valence-corrected chi connectivity index (χ2v) is 5.64. The average Bonchev–Trinajstić information content (AvgIpc) is 2.77. The molecule has 1 aromatic heterocycles. The Hall–Kier alpha value is -1.05. The number of aromatic nitrogens is 2. The van der Waals surface area contributed by atoms with Gasteiger partial charge in [0.15, 0.2) is 0 Å². The molecule has 0 fully saturated rings. The summed E-state index contributed by atoms with van der Waals surface area (Å²) in [4.78, 5) is 0. The van der Waals surface area contributed by atoms with Gasteiger partial charge in [-0.2, -0.15) is 5.10 Å². The highest BCUT2D eigenvalue weighted by molar-refractivity contribution is 14.2. The zero-order valence-electron chi connectivity index (χ0n) is 9.99. The largest absolute Gasteiger partial charge is 0.573 e. The van der Waals surface area contributed by atoms with Crippen LogP contribution in [0.5, 0.6) is 5.75 Å². The lowest BCUT2D eigenvalue weighted by Gasteiger charge is -2.09. The van der Waals surface area contributed by atoms with Crippen LogP contribution in [0.3, 0.4) is 0 Å². The Bertz CT molecular complexity index is 691. The Morgan fingerprint density at radius 2 is 1.95 bits per heavy atom. The van der Waals surface area contributed by atoms with Gasteiger partial charge in [0.25, 0.3) is 0 Å². The SMILES string of the molecule is FC(F)(F)Oc1ccc(-n2ncc(C#CSI)c2Cl)cc1. The van der Waals surface area contributed by atoms with E-state index in [1.165, 1.54) is 44.1 Å². The van der Waals surface area contributed by atoms with Crippen LogP contribution in [0.15, 0.2) is 30.5 Å². The highest BCUT2D eigenvalue weighted by Gasteiger charge is 2.31. The van der Waals surface area contributed by atoms with E-state index in [4.69, 9.17) is 11.6 Å². The molecule has 21 heavy (non-hydrogen) atoms. The molecule has 1 aromatic carbocycles. The Morgan fingerprint density at radius 1 is 1.29 bits per heavy atom. The molecule has 0 spiro atoms. The van der Waals surface area contributed by atoms with Gasteiger partial charge < -0.3 is 4.74 Å². The van der Waals surface area contributed by atoms with Crippen molar-refractivity contribution in [2.75, 3.05) is 0 Å². The summed E-state index contributed by atoms with van der Waals surface area (Å²) < 4.78 is 41.4. The van der Waals surface area contributed by atoms with Crippen LogP contribution < -0.4 is 4.74 Å². The van der Waals surface area contributed by atoms with Crippen molar-refractivity contribution in [3.8, 4) is 22.6 Å². The van der Waals surface area contributed by atoms with Gasteiger partial charge >= 0.3 is 6.36 Å². The van der Waals surface area contributed by atoms with Gasteiger partial charge in [-0.05, 0) is 44.4 Å². The van der Waals surface area contributed by atoms with E-state index in [1.807, 2.05) is 21.2 Å². The smallest absolute Gasteiger partial charge is 0.406 e. The van der Waals surface area contributed by atoms with Gasteiger partial charge in [-0.1, -0.05) is 11.6 Å². The summed E-state index contributed by atoms with van der Waals surface area (Å²) in [5.74, 6) is 2.50. The van der Waals surface area contributed by atoms with Gasteiger partial charge in [-0.3, -0.25) is 0 Å². The third-order valence-corrected chi connectivity index (χ3v) is 3.45. The number of nitrogens with zero attached hydrogens (tertiary/aromatic N) is 2. The number of rotatable bonds is 2. The summed E-state index contributed by atoms with van der Waals surface area (Å²) in [5.41, 5.74) is 1.04. The number of hydrogen-bond acceptors (Lipinski definition) is 3. The highest BCUT2D eigenvalue weighted by atomic mass is 127. The van der Waals surface area contributed by atoms with E-state index in [0.29, 0.717) is 11.3 Å². The van der Waals surface area contributed by atoms with E-state index in [9.17, 15) is 13.2 Å². The Labute approximate surface area is 139 Å². The molecular weight excluding hydrogens is 440 g/mol. The van der Waals surface area contributed by atoms with Crippen LogP contribution in [-0.2, 0) is 0 Å². The fourth-order valence-electron chi connectivity index (χ4n) is 1.46. The van der Waals surface area contributed by atoms with Crippen LogP contribution >= 0.6 is 41.7 Å². The predicted molar refractivity (Wildman–Crippen MR) is 83.7 cm³/mol. The molecule has 0 radical (unpaired) electrons. The van der Waals surface area contributed by atoms with E-state index in [1.54, 1.807) is 0 Å². The van der Waals surface area contributed by atoms with Crippen LogP contribution in [0.1, 0.15) is 5.56 Å². The van der Waals surface area contributed by atoms with Crippen molar-refractivity contribution in [2.24, 2.45) is 0 Å². The van der Waals surface area contributed by atoms with Crippen LogP contribution in [-0.4, -0.2) is 16.1 Å². The third kappa shape index (κ3) is 4.46. The summed E-state index contributed by atoms with van der Waals surface area (Å²) in [5, 5.41) is 7.12. The quantitative estimate of drug-likeness (QED) is 0.491. The molecule has 2 rings (SSSR count). The molecule has 3 nitrogen and oxygen atoms in total. The van der Waals surface area contributed by atoms with Crippen molar-refractivity contribution < 1.29 is 17.9 Å². The first-order valence-corrected chi connectivity index (χ1v) is 9.03.